The minimum Gasteiger partial charge on any atom is -0.379 e. The first kappa shape index (κ1) is 17.2. The van der Waals surface area contributed by atoms with Crippen LogP contribution in [-0.4, -0.2) is 35.4 Å². The summed E-state index contributed by atoms with van der Waals surface area (Å²) in [6.45, 7) is 3.92. The van der Waals surface area contributed by atoms with Gasteiger partial charge in [0.2, 0.25) is 0 Å². The van der Waals surface area contributed by atoms with Gasteiger partial charge in [-0.05, 0) is 42.7 Å². The Morgan fingerprint density at radius 1 is 1.35 bits per heavy atom. The molecule has 1 saturated heterocycles. The molecule has 0 radical (unpaired) electrons. The zero-order valence-corrected chi connectivity index (χ0v) is 14.8. The summed E-state index contributed by atoms with van der Waals surface area (Å²) in [7, 11) is 0. The summed E-state index contributed by atoms with van der Waals surface area (Å²) in [6.07, 6.45) is 0.108. The van der Waals surface area contributed by atoms with Gasteiger partial charge in [-0.3, -0.25) is 5.32 Å². The minimum atomic E-state index is -0.723. The molecule has 7 heteroatoms. The number of aryl methyl sites for hydroxylation is 1. The van der Waals surface area contributed by atoms with Gasteiger partial charge < -0.3 is 26.2 Å². The maximum absolute atomic E-state index is 10.3. The monoisotopic (exact) mass is 355 g/mol. The molecule has 2 aliphatic rings. The first-order chi connectivity index (χ1) is 12.6. The van der Waals surface area contributed by atoms with Crippen LogP contribution in [0.25, 0.3) is 0 Å². The lowest BCUT2D eigenvalue weighted by atomic mass is 10.0. The van der Waals surface area contributed by atoms with Crippen molar-refractivity contribution in [3.63, 3.8) is 0 Å². The van der Waals surface area contributed by atoms with Crippen molar-refractivity contribution in [1.82, 2.24) is 10.3 Å². The lowest BCUT2D eigenvalue weighted by molar-refractivity contribution is 0.0767. The first-order valence-electron chi connectivity index (χ1n) is 8.99. The largest absolute Gasteiger partial charge is 0.379 e. The predicted octanol–water partition coefficient (Wildman–Crippen LogP) is 1.76. The predicted molar refractivity (Wildman–Crippen MR) is 101 cm³/mol. The van der Waals surface area contributed by atoms with E-state index in [1.165, 1.54) is 0 Å². The van der Waals surface area contributed by atoms with Gasteiger partial charge in [-0.25, -0.2) is 4.98 Å². The lowest BCUT2D eigenvalue weighted by Crippen LogP contribution is -2.47. The molecular formula is C19H25N5O2. The summed E-state index contributed by atoms with van der Waals surface area (Å²) in [5, 5.41) is 20.1. The average Bonchev–Trinajstić information content (AvgIpc) is 2.98. The summed E-state index contributed by atoms with van der Waals surface area (Å²) in [6, 6.07) is 10.1. The van der Waals surface area contributed by atoms with E-state index >= 15 is 0 Å². The highest BCUT2D eigenvalue weighted by molar-refractivity contribution is 5.65. The van der Waals surface area contributed by atoms with E-state index in [0.717, 1.165) is 34.6 Å². The van der Waals surface area contributed by atoms with E-state index in [-0.39, 0.29) is 12.1 Å². The van der Waals surface area contributed by atoms with Gasteiger partial charge in [0.05, 0.1) is 12.6 Å². The fourth-order valence-electron chi connectivity index (χ4n) is 3.49. The van der Waals surface area contributed by atoms with Crippen molar-refractivity contribution in [1.29, 1.82) is 0 Å². The topological polar surface area (TPSA) is 104 Å². The van der Waals surface area contributed by atoms with E-state index in [2.05, 4.69) is 16.0 Å². The summed E-state index contributed by atoms with van der Waals surface area (Å²) < 4.78 is 5.54. The molecule has 2 aliphatic heterocycles. The molecule has 138 valence electrons. The third kappa shape index (κ3) is 3.52. The first-order valence-corrected chi connectivity index (χ1v) is 8.99. The highest BCUT2D eigenvalue weighted by atomic mass is 16.5. The minimum absolute atomic E-state index is 0.0282. The van der Waals surface area contributed by atoms with Gasteiger partial charge in [-0.2, -0.15) is 0 Å². The zero-order chi connectivity index (χ0) is 18.1. The van der Waals surface area contributed by atoms with E-state index in [9.17, 15) is 5.11 Å². The van der Waals surface area contributed by atoms with Crippen LogP contribution in [0.1, 0.15) is 29.3 Å². The number of hydrogen-bond donors (Lipinski definition) is 5. The summed E-state index contributed by atoms with van der Waals surface area (Å²) >= 11 is 0. The second-order valence-electron chi connectivity index (χ2n) is 6.99. The van der Waals surface area contributed by atoms with Crippen LogP contribution in [0.2, 0.25) is 0 Å². The molecular weight excluding hydrogens is 330 g/mol. The van der Waals surface area contributed by atoms with E-state index < -0.39 is 6.23 Å². The van der Waals surface area contributed by atoms with Gasteiger partial charge in [-0.15, -0.1) is 0 Å². The Morgan fingerprint density at radius 3 is 3.04 bits per heavy atom. The third-order valence-corrected chi connectivity index (χ3v) is 4.93. The molecule has 0 aliphatic carbocycles. The molecule has 1 aromatic heterocycles. The van der Waals surface area contributed by atoms with Gasteiger partial charge >= 0.3 is 0 Å². The van der Waals surface area contributed by atoms with Crippen LogP contribution in [0.3, 0.4) is 0 Å². The fraction of sp³-hybridized carbons (Fsp3) is 0.421. The Morgan fingerprint density at radius 2 is 2.23 bits per heavy atom. The molecule has 0 saturated carbocycles. The molecule has 26 heavy (non-hydrogen) atoms. The van der Waals surface area contributed by atoms with Crippen molar-refractivity contribution in [2.24, 2.45) is 5.73 Å². The van der Waals surface area contributed by atoms with Crippen LogP contribution < -0.4 is 21.7 Å². The van der Waals surface area contributed by atoms with Crippen molar-refractivity contribution in [3.8, 4) is 0 Å². The quantitative estimate of drug-likeness (QED) is 0.569. The number of aliphatic hydroxyl groups is 1. The van der Waals surface area contributed by atoms with Crippen molar-refractivity contribution in [2.45, 2.75) is 38.2 Å². The second-order valence-corrected chi connectivity index (χ2v) is 6.99. The number of anilines is 3. The number of nitrogens with one attached hydrogen (secondary N) is 3. The molecule has 0 bridgehead atoms. The molecule has 1 fully saturated rings. The molecule has 4 rings (SSSR count). The van der Waals surface area contributed by atoms with Crippen LogP contribution in [0.5, 0.6) is 0 Å². The Labute approximate surface area is 153 Å². The highest BCUT2D eigenvalue weighted by Crippen LogP contribution is 2.33. The summed E-state index contributed by atoms with van der Waals surface area (Å²) in [4.78, 5) is 4.71. The molecule has 3 heterocycles. The Balaban J connectivity index is 1.64. The lowest BCUT2D eigenvalue weighted by Gasteiger charge is -2.30. The second kappa shape index (κ2) is 7.20. The van der Waals surface area contributed by atoms with Gasteiger partial charge in [0.25, 0.3) is 0 Å². The van der Waals surface area contributed by atoms with Crippen LogP contribution in [-0.2, 0) is 11.3 Å². The average molecular weight is 355 g/mol. The number of fused-ring (bicyclic) bond motifs is 1. The van der Waals surface area contributed by atoms with Gasteiger partial charge in [-0.1, -0.05) is 12.1 Å². The van der Waals surface area contributed by atoms with Crippen LogP contribution in [0, 0.1) is 6.92 Å². The Hall–Kier alpha value is -2.19. The summed E-state index contributed by atoms with van der Waals surface area (Å²) in [5.41, 5.74) is 10.1. The number of aromatic nitrogens is 1. The number of rotatable bonds is 4. The maximum Gasteiger partial charge on any atom is 0.140 e. The van der Waals surface area contributed by atoms with Crippen LogP contribution in [0.15, 0.2) is 30.3 Å². The zero-order valence-electron chi connectivity index (χ0n) is 14.8. The number of nitrogens with two attached hydrogens (primary N) is 1. The van der Waals surface area contributed by atoms with Gasteiger partial charge in [0, 0.05) is 30.4 Å². The maximum atomic E-state index is 10.3. The Kier molecular flexibility index (Phi) is 4.78. The summed E-state index contributed by atoms with van der Waals surface area (Å²) in [5.74, 6) is 1.39. The van der Waals surface area contributed by atoms with E-state index in [4.69, 9.17) is 15.5 Å². The Bertz CT molecular complexity index is 797. The van der Waals surface area contributed by atoms with Crippen molar-refractivity contribution >= 4 is 17.3 Å². The normalized spacial score (nSPS) is 25.0. The number of aliphatic hydroxyl groups excluding tert-OH is 1. The van der Waals surface area contributed by atoms with Crippen molar-refractivity contribution < 1.29 is 9.84 Å². The smallest absolute Gasteiger partial charge is 0.140 e. The molecule has 2 aromatic rings. The highest BCUT2D eigenvalue weighted by Gasteiger charge is 2.27. The third-order valence-electron chi connectivity index (χ3n) is 4.93. The number of ether oxygens (including phenoxy) is 1. The molecule has 3 atom stereocenters. The number of pyridine rings is 1. The number of hydrogen-bond acceptors (Lipinski definition) is 7. The van der Waals surface area contributed by atoms with Gasteiger partial charge in [0.1, 0.15) is 17.9 Å². The number of nitrogens with zero attached hydrogens (tertiary/aromatic N) is 1. The molecule has 0 spiro atoms. The number of benzene rings is 1. The fourth-order valence-corrected chi connectivity index (χ4v) is 3.49. The molecule has 1 unspecified atom stereocenters. The van der Waals surface area contributed by atoms with E-state index in [0.29, 0.717) is 25.6 Å². The standard InChI is InChI=1S/C19H25N5O2/c1-11-3-2-4-13(7-11)22-18-17-12(9-21-19(17)25)8-16(24-18)23-15-10-26-6-5-14(15)20/h2-4,7-8,14-15,19,21,25H,5-6,9-10,20H2,1H3,(H2,22,23,24)/t14-,15+,19?/m1/s1. The molecule has 6 N–H and O–H groups in total. The molecule has 0 amide bonds. The van der Waals surface area contributed by atoms with Crippen LogP contribution >= 0.6 is 0 Å². The van der Waals surface area contributed by atoms with Crippen molar-refractivity contribution in [2.75, 3.05) is 23.8 Å². The van der Waals surface area contributed by atoms with Crippen molar-refractivity contribution in [3.05, 3.63) is 47.0 Å². The molecule has 1 aromatic carbocycles. The molecule has 7 nitrogen and oxygen atoms in total. The SMILES string of the molecule is Cc1cccc(Nc2nc(N[C@H]3COCC[C@H]3N)cc3c2C(O)NC3)c1. The van der Waals surface area contributed by atoms with Crippen LogP contribution in [0.4, 0.5) is 17.3 Å². The van der Waals surface area contributed by atoms with E-state index in [1.807, 2.05) is 37.3 Å². The van der Waals surface area contributed by atoms with Gasteiger partial charge in [0.15, 0.2) is 0 Å². The van der Waals surface area contributed by atoms with E-state index in [1.54, 1.807) is 0 Å².